The van der Waals surface area contributed by atoms with Crippen molar-refractivity contribution in [3.63, 3.8) is 0 Å². The van der Waals surface area contributed by atoms with E-state index in [2.05, 4.69) is 20.2 Å². The van der Waals surface area contributed by atoms with Gasteiger partial charge in [-0.1, -0.05) is 18.2 Å². The fourth-order valence-corrected chi connectivity index (χ4v) is 4.25. The molecule has 1 aliphatic heterocycles. The normalized spacial score (nSPS) is 15.8. The van der Waals surface area contributed by atoms with Gasteiger partial charge in [-0.2, -0.15) is 15.3 Å². The van der Waals surface area contributed by atoms with Gasteiger partial charge in [-0.15, -0.1) is 0 Å². The maximum absolute atomic E-state index is 12.4. The number of para-hydroxylation sites is 1. The minimum Gasteiger partial charge on any atom is -0.507 e. The summed E-state index contributed by atoms with van der Waals surface area (Å²) >= 11 is 0. The van der Waals surface area contributed by atoms with Crippen LogP contribution in [0.4, 0.5) is 5.69 Å². The van der Waals surface area contributed by atoms with Crippen LogP contribution in [-0.2, 0) is 10.2 Å². The van der Waals surface area contributed by atoms with Crippen LogP contribution in [0.15, 0.2) is 67.0 Å². The predicted octanol–water partition coefficient (Wildman–Crippen LogP) is 3.12. The summed E-state index contributed by atoms with van der Waals surface area (Å²) in [6.45, 7) is 1.10. The summed E-state index contributed by atoms with van der Waals surface area (Å²) in [5.41, 5.74) is 2.48. The van der Waals surface area contributed by atoms with Gasteiger partial charge in [0.2, 0.25) is 0 Å². The van der Waals surface area contributed by atoms with Gasteiger partial charge in [0.25, 0.3) is 0 Å². The molecule has 2 N–H and O–H groups in total. The largest absolute Gasteiger partial charge is 0.507 e. The number of anilines is 1. The summed E-state index contributed by atoms with van der Waals surface area (Å²) in [4.78, 5) is 14.5. The molecular formula is C23H21N5O3. The number of carbonyl (C=O) groups is 1. The molecule has 5 rings (SSSR count). The Morgan fingerprint density at radius 3 is 2.55 bits per heavy atom. The second-order valence-electron chi connectivity index (χ2n) is 7.79. The van der Waals surface area contributed by atoms with E-state index >= 15 is 0 Å². The fourth-order valence-electron chi connectivity index (χ4n) is 4.25. The van der Waals surface area contributed by atoms with Crippen LogP contribution in [0.3, 0.4) is 0 Å². The second kappa shape index (κ2) is 7.39. The molecule has 8 nitrogen and oxygen atoms in total. The second-order valence-corrected chi connectivity index (χ2v) is 7.79. The van der Waals surface area contributed by atoms with Crippen LogP contribution >= 0.6 is 0 Å². The van der Waals surface area contributed by atoms with E-state index in [0.717, 1.165) is 11.2 Å². The zero-order chi connectivity index (χ0) is 21.4. The number of aromatic hydroxyl groups is 1. The first-order valence-corrected chi connectivity index (χ1v) is 10.1. The van der Waals surface area contributed by atoms with Crippen molar-refractivity contribution in [2.75, 3.05) is 18.0 Å². The van der Waals surface area contributed by atoms with Gasteiger partial charge in [0.15, 0.2) is 0 Å². The van der Waals surface area contributed by atoms with Crippen molar-refractivity contribution in [1.29, 1.82) is 0 Å². The zero-order valence-corrected chi connectivity index (χ0v) is 16.7. The molecule has 3 aromatic heterocycles. The number of phenols is 1. The topological polar surface area (TPSA) is 104 Å². The van der Waals surface area contributed by atoms with Gasteiger partial charge in [-0.3, -0.25) is 4.79 Å². The molecule has 8 heteroatoms. The van der Waals surface area contributed by atoms with Gasteiger partial charge >= 0.3 is 5.97 Å². The molecule has 4 heterocycles. The standard InChI is InChI=1S/C23H21N5O3/c29-20-7-2-1-6-18(20)19-13-17(15-24-25-19)27-11-8-23(9-12-27,22(30)31)21-14-16-5-3-4-10-28(16)26-21/h1-7,10,13-15,29H,8-9,11-12H2,(H,30,31). The summed E-state index contributed by atoms with van der Waals surface area (Å²) in [7, 11) is 0. The number of nitrogens with zero attached hydrogens (tertiary/aromatic N) is 5. The average Bonchev–Trinajstić information content (AvgIpc) is 3.24. The molecule has 0 bridgehead atoms. The molecule has 0 radical (unpaired) electrons. The van der Waals surface area contributed by atoms with Gasteiger partial charge in [-0.05, 0) is 49.2 Å². The molecule has 1 saturated heterocycles. The third-order valence-corrected chi connectivity index (χ3v) is 6.07. The Labute approximate surface area is 178 Å². The quantitative estimate of drug-likeness (QED) is 0.528. The number of hydrogen-bond donors (Lipinski definition) is 2. The lowest BCUT2D eigenvalue weighted by molar-refractivity contribution is -0.145. The summed E-state index contributed by atoms with van der Waals surface area (Å²) in [5, 5.41) is 33.1. The average molecular weight is 415 g/mol. The number of carboxylic acid groups (broad SMARTS) is 1. The molecule has 1 fully saturated rings. The van der Waals surface area contributed by atoms with Crippen molar-refractivity contribution in [3.8, 4) is 17.0 Å². The summed E-state index contributed by atoms with van der Waals surface area (Å²) in [5.74, 6) is -0.706. The van der Waals surface area contributed by atoms with E-state index in [9.17, 15) is 15.0 Å². The molecule has 0 unspecified atom stereocenters. The van der Waals surface area contributed by atoms with Crippen molar-refractivity contribution in [2.24, 2.45) is 0 Å². The highest BCUT2D eigenvalue weighted by molar-refractivity contribution is 5.82. The van der Waals surface area contributed by atoms with Crippen molar-refractivity contribution in [3.05, 3.63) is 72.7 Å². The molecule has 1 aliphatic rings. The molecular weight excluding hydrogens is 394 g/mol. The molecule has 0 spiro atoms. The number of piperidine rings is 1. The van der Waals surface area contributed by atoms with E-state index in [1.165, 1.54) is 0 Å². The van der Waals surface area contributed by atoms with Crippen LogP contribution in [0.1, 0.15) is 18.5 Å². The Bertz CT molecular complexity index is 1230. The monoisotopic (exact) mass is 415 g/mol. The predicted molar refractivity (Wildman–Crippen MR) is 115 cm³/mol. The smallest absolute Gasteiger partial charge is 0.315 e. The first-order valence-electron chi connectivity index (χ1n) is 10.1. The summed E-state index contributed by atoms with van der Waals surface area (Å²) < 4.78 is 1.72. The number of hydrogen-bond acceptors (Lipinski definition) is 6. The van der Waals surface area contributed by atoms with Gasteiger partial charge in [0.05, 0.1) is 28.8 Å². The Morgan fingerprint density at radius 2 is 1.81 bits per heavy atom. The van der Waals surface area contributed by atoms with Gasteiger partial charge in [-0.25, -0.2) is 4.52 Å². The highest BCUT2D eigenvalue weighted by Gasteiger charge is 2.45. The minimum atomic E-state index is -1.02. The van der Waals surface area contributed by atoms with Crippen LogP contribution in [-0.4, -0.2) is 49.1 Å². The molecule has 4 aromatic rings. The van der Waals surface area contributed by atoms with Crippen LogP contribution in [0, 0.1) is 0 Å². The molecule has 31 heavy (non-hydrogen) atoms. The van der Waals surface area contributed by atoms with Crippen molar-refractivity contribution >= 4 is 17.2 Å². The van der Waals surface area contributed by atoms with E-state index in [0.29, 0.717) is 42.9 Å². The molecule has 0 atom stereocenters. The van der Waals surface area contributed by atoms with E-state index in [1.54, 1.807) is 28.9 Å². The number of aromatic nitrogens is 4. The lowest BCUT2D eigenvalue weighted by Gasteiger charge is -2.38. The van der Waals surface area contributed by atoms with Crippen LogP contribution in [0.5, 0.6) is 5.75 Å². The SMILES string of the molecule is O=C(O)C1(c2cc3ccccn3n2)CCN(c2cnnc(-c3ccccc3O)c2)CC1. The van der Waals surface area contributed by atoms with Gasteiger partial charge < -0.3 is 15.1 Å². The van der Waals surface area contributed by atoms with Crippen molar-refractivity contribution in [2.45, 2.75) is 18.3 Å². The lowest BCUT2D eigenvalue weighted by atomic mass is 9.75. The summed E-state index contributed by atoms with van der Waals surface area (Å²) in [6, 6.07) is 16.4. The Morgan fingerprint density at radius 1 is 1.03 bits per heavy atom. The number of benzene rings is 1. The third kappa shape index (κ3) is 3.26. The number of carboxylic acids is 1. The molecule has 0 aliphatic carbocycles. The van der Waals surface area contributed by atoms with Gasteiger partial charge in [0.1, 0.15) is 11.2 Å². The van der Waals surface area contributed by atoms with Crippen molar-refractivity contribution in [1.82, 2.24) is 19.8 Å². The maximum atomic E-state index is 12.4. The van der Waals surface area contributed by atoms with Crippen LogP contribution < -0.4 is 4.90 Å². The Balaban J connectivity index is 1.42. The van der Waals surface area contributed by atoms with Crippen molar-refractivity contribution < 1.29 is 15.0 Å². The maximum Gasteiger partial charge on any atom is 0.315 e. The Hall–Kier alpha value is -3.94. The first kappa shape index (κ1) is 19.0. The molecule has 1 aromatic carbocycles. The number of rotatable bonds is 4. The highest BCUT2D eigenvalue weighted by Crippen LogP contribution is 2.38. The van der Waals surface area contributed by atoms with E-state index in [4.69, 9.17) is 0 Å². The Kier molecular flexibility index (Phi) is 4.54. The van der Waals surface area contributed by atoms with E-state index in [1.807, 2.05) is 42.6 Å². The van der Waals surface area contributed by atoms with Crippen LogP contribution in [0.2, 0.25) is 0 Å². The number of pyridine rings is 1. The van der Waals surface area contributed by atoms with Gasteiger partial charge in [0, 0.05) is 24.8 Å². The van der Waals surface area contributed by atoms with E-state index in [-0.39, 0.29) is 5.75 Å². The number of phenolic OH excluding ortho intramolecular Hbond substituents is 1. The fraction of sp³-hybridized carbons (Fsp3) is 0.217. The van der Waals surface area contributed by atoms with Crippen LogP contribution in [0.25, 0.3) is 16.8 Å². The molecule has 0 amide bonds. The third-order valence-electron chi connectivity index (χ3n) is 6.07. The lowest BCUT2D eigenvalue weighted by Crippen LogP contribution is -2.47. The highest BCUT2D eigenvalue weighted by atomic mass is 16.4. The molecule has 156 valence electrons. The number of aliphatic carboxylic acids is 1. The first-order chi connectivity index (χ1) is 15.1. The summed E-state index contributed by atoms with van der Waals surface area (Å²) in [6.07, 6.45) is 4.36. The van der Waals surface area contributed by atoms with E-state index < -0.39 is 11.4 Å². The number of fused-ring (bicyclic) bond motifs is 1. The minimum absolute atomic E-state index is 0.143. The molecule has 0 saturated carbocycles. The zero-order valence-electron chi connectivity index (χ0n) is 16.7.